The van der Waals surface area contributed by atoms with E-state index in [1.165, 1.54) is 6.42 Å². The molecule has 52 heavy (non-hydrogen) atoms. The lowest BCUT2D eigenvalue weighted by atomic mass is 9.55. The quantitative estimate of drug-likeness (QED) is 0.116. The summed E-state index contributed by atoms with van der Waals surface area (Å²) < 4.78 is 11.5. The first-order valence-electron chi connectivity index (χ1n) is 18.6. The molecular weight excluding hydrogens is 656 g/mol. The average molecular weight is 705 g/mol. The fraction of sp³-hybridized carbons (Fsp3) is 0.429. The number of amides is 3. The first-order valence-corrected chi connectivity index (χ1v) is 18.6. The molecular formula is C42H48N4O6. The van der Waals surface area contributed by atoms with Crippen LogP contribution in [-0.2, 0) is 36.9 Å². The highest BCUT2D eigenvalue weighted by Gasteiger charge is 2.50. The van der Waals surface area contributed by atoms with E-state index in [1.54, 1.807) is 6.92 Å². The molecule has 3 amide bonds. The minimum absolute atomic E-state index is 0.00515. The van der Waals surface area contributed by atoms with Gasteiger partial charge in [0.15, 0.2) is 0 Å². The van der Waals surface area contributed by atoms with Crippen LogP contribution in [0.2, 0.25) is 0 Å². The van der Waals surface area contributed by atoms with Gasteiger partial charge in [0.2, 0.25) is 11.8 Å². The van der Waals surface area contributed by atoms with Crippen LogP contribution in [0.25, 0.3) is 10.9 Å². The average Bonchev–Trinajstić information content (AvgIpc) is 3.55. The molecule has 1 aromatic heterocycles. The second kappa shape index (κ2) is 15.6. The number of benzene rings is 3. The third-order valence-electron chi connectivity index (χ3n) is 11.3. The van der Waals surface area contributed by atoms with E-state index in [1.807, 2.05) is 91.1 Å². The van der Waals surface area contributed by atoms with E-state index in [-0.39, 0.29) is 44.5 Å². The number of hydrogen-bond donors (Lipinski definition) is 4. The van der Waals surface area contributed by atoms with Crippen LogP contribution in [0.1, 0.15) is 68.1 Å². The summed E-state index contributed by atoms with van der Waals surface area (Å²) in [5, 5.41) is 9.78. The number of nitrogens with one attached hydrogen (secondary N) is 4. The zero-order valence-corrected chi connectivity index (χ0v) is 29.6. The maximum absolute atomic E-state index is 14.3. The second-order valence-electron chi connectivity index (χ2n) is 15.2. The van der Waals surface area contributed by atoms with Crippen LogP contribution in [0.5, 0.6) is 0 Å². The van der Waals surface area contributed by atoms with Crippen molar-refractivity contribution in [2.45, 2.75) is 76.0 Å². The predicted molar refractivity (Wildman–Crippen MR) is 197 cm³/mol. The van der Waals surface area contributed by atoms with Crippen molar-refractivity contribution in [2.75, 3.05) is 13.1 Å². The van der Waals surface area contributed by atoms with Crippen molar-refractivity contribution in [3.05, 3.63) is 108 Å². The molecule has 4 aromatic rings. The van der Waals surface area contributed by atoms with Gasteiger partial charge < -0.3 is 30.4 Å². The van der Waals surface area contributed by atoms with Crippen LogP contribution in [0.15, 0.2) is 91.1 Å². The van der Waals surface area contributed by atoms with Crippen LogP contribution in [0, 0.1) is 23.7 Å². The van der Waals surface area contributed by atoms with E-state index in [0.29, 0.717) is 17.4 Å². The molecule has 0 spiro atoms. The van der Waals surface area contributed by atoms with Gasteiger partial charge in [0.25, 0.3) is 0 Å². The first-order chi connectivity index (χ1) is 25.2. The molecule has 4 fully saturated rings. The Labute approximate surface area is 304 Å². The zero-order valence-electron chi connectivity index (χ0n) is 29.6. The minimum atomic E-state index is -1.39. The molecule has 0 saturated heterocycles. The standard InChI is InChI=1S/C42H48N4O6/c1-42(23-33-24-44-36-15-9-8-14-34(33)36,46-41(50)52-38-31-19-28-18-29(21-31)22-32(38)20-28)40(49)45-25-35(30-12-6-3-7-13-30)39(48)43-17-16-37(47)51-26-27-10-4-2-5-11-27/h2-15,24,28-29,31-32,35,38,44H,16-23,25-26H2,1H3,(H,43,48)(H,45,49)(H,46,50)/t28?,29?,31?,32?,35-,38?,42+/m0/s1. The molecule has 4 N–H and O–H groups in total. The molecule has 10 nitrogen and oxygen atoms in total. The number of fused-ring (bicyclic) bond motifs is 1. The van der Waals surface area contributed by atoms with Gasteiger partial charge in [-0.3, -0.25) is 14.4 Å². The summed E-state index contributed by atoms with van der Waals surface area (Å²) in [7, 11) is 0. The Hall–Kier alpha value is -5.12. The number of carbonyl (C=O) groups is 4. The summed E-state index contributed by atoms with van der Waals surface area (Å²) in [5.74, 6) is 0.306. The molecule has 0 unspecified atom stereocenters. The summed E-state index contributed by atoms with van der Waals surface area (Å²) in [6, 6.07) is 26.4. The van der Waals surface area contributed by atoms with Gasteiger partial charge in [-0.05, 0) is 85.5 Å². The number of ether oxygens (including phenoxy) is 2. The first kappa shape index (κ1) is 35.3. The Morgan fingerprint density at radius 2 is 1.48 bits per heavy atom. The van der Waals surface area contributed by atoms with Crippen molar-refractivity contribution >= 4 is 34.8 Å². The number of rotatable bonds is 14. The molecule has 272 valence electrons. The number of para-hydroxylation sites is 1. The van der Waals surface area contributed by atoms with Gasteiger partial charge >= 0.3 is 12.1 Å². The van der Waals surface area contributed by atoms with Crippen LogP contribution >= 0.6 is 0 Å². The number of aromatic nitrogens is 1. The van der Waals surface area contributed by atoms with Crippen molar-refractivity contribution in [1.29, 1.82) is 0 Å². The zero-order chi connectivity index (χ0) is 36.1. The number of hydrogen-bond acceptors (Lipinski definition) is 6. The fourth-order valence-corrected chi connectivity index (χ4v) is 8.94. The Bertz CT molecular complexity index is 1850. The summed E-state index contributed by atoms with van der Waals surface area (Å²) in [6.07, 6.45) is 7.08. The number of esters is 1. The van der Waals surface area contributed by atoms with Crippen molar-refractivity contribution < 1.29 is 28.7 Å². The molecule has 0 aliphatic heterocycles. The maximum Gasteiger partial charge on any atom is 0.408 e. The van der Waals surface area contributed by atoms with E-state index in [9.17, 15) is 19.2 Å². The smallest absolute Gasteiger partial charge is 0.408 e. The van der Waals surface area contributed by atoms with E-state index in [4.69, 9.17) is 9.47 Å². The molecule has 4 bridgehead atoms. The lowest BCUT2D eigenvalue weighted by molar-refractivity contribution is -0.144. The molecule has 1 heterocycles. The molecule has 4 aliphatic rings. The van der Waals surface area contributed by atoms with Crippen molar-refractivity contribution in [1.82, 2.24) is 20.9 Å². The Morgan fingerprint density at radius 1 is 0.827 bits per heavy atom. The molecule has 0 radical (unpaired) electrons. The van der Waals surface area contributed by atoms with Gasteiger partial charge in [0.1, 0.15) is 18.2 Å². The Balaban J connectivity index is 1.02. The van der Waals surface area contributed by atoms with E-state index < -0.39 is 29.4 Å². The summed E-state index contributed by atoms with van der Waals surface area (Å²) >= 11 is 0. The number of alkyl carbamates (subject to hydrolysis) is 1. The van der Waals surface area contributed by atoms with Crippen LogP contribution < -0.4 is 16.0 Å². The Kier molecular flexibility index (Phi) is 10.6. The highest BCUT2D eigenvalue weighted by Crippen LogP contribution is 2.54. The number of H-pyrrole nitrogens is 1. The maximum atomic E-state index is 14.3. The lowest BCUT2D eigenvalue weighted by Gasteiger charge is -2.53. The van der Waals surface area contributed by atoms with Crippen molar-refractivity contribution in [3.63, 3.8) is 0 Å². The van der Waals surface area contributed by atoms with Gasteiger partial charge in [-0.25, -0.2) is 4.79 Å². The van der Waals surface area contributed by atoms with Gasteiger partial charge in [0, 0.05) is 36.6 Å². The topological polar surface area (TPSA) is 139 Å². The third-order valence-corrected chi connectivity index (χ3v) is 11.3. The van der Waals surface area contributed by atoms with E-state index in [2.05, 4.69) is 20.9 Å². The third kappa shape index (κ3) is 8.16. The highest BCUT2D eigenvalue weighted by atomic mass is 16.6. The molecule has 10 heteroatoms. The monoisotopic (exact) mass is 704 g/mol. The predicted octanol–water partition coefficient (Wildman–Crippen LogP) is 6.17. The normalized spacial score (nSPS) is 23.3. The van der Waals surface area contributed by atoms with E-state index >= 15 is 0 Å². The van der Waals surface area contributed by atoms with Crippen LogP contribution in [0.4, 0.5) is 4.79 Å². The Morgan fingerprint density at radius 3 is 2.19 bits per heavy atom. The van der Waals surface area contributed by atoms with Crippen molar-refractivity contribution in [3.8, 4) is 0 Å². The highest BCUT2D eigenvalue weighted by molar-refractivity contribution is 5.92. The van der Waals surface area contributed by atoms with Crippen molar-refractivity contribution in [2.24, 2.45) is 23.7 Å². The summed E-state index contributed by atoms with van der Waals surface area (Å²) in [5.41, 5.74) is 2.00. The lowest BCUT2D eigenvalue weighted by Crippen LogP contribution is -2.60. The molecule has 2 atom stereocenters. The largest absolute Gasteiger partial charge is 0.461 e. The van der Waals surface area contributed by atoms with Crippen LogP contribution in [-0.4, -0.2) is 53.6 Å². The molecule has 8 rings (SSSR count). The number of carbonyl (C=O) groups excluding carboxylic acids is 4. The van der Waals surface area contributed by atoms with Gasteiger partial charge in [-0.15, -0.1) is 0 Å². The van der Waals surface area contributed by atoms with Gasteiger partial charge in [-0.2, -0.15) is 0 Å². The van der Waals surface area contributed by atoms with Crippen LogP contribution in [0.3, 0.4) is 0 Å². The minimum Gasteiger partial charge on any atom is -0.461 e. The molecule has 3 aromatic carbocycles. The van der Waals surface area contributed by atoms with E-state index in [0.717, 1.165) is 59.5 Å². The number of aromatic amines is 1. The SMILES string of the molecule is C[C@](Cc1c[nH]c2ccccc12)(NC(=O)OC1C2CC3CC(C2)CC1C3)C(=O)NC[C@H](C(=O)NCCC(=O)OCc1ccccc1)c1ccccc1. The summed E-state index contributed by atoms with van der Waals surface area (Å²) in [4.78, 5) is 57.2. The second-order valence-corrected chi connectivity index (χ2v) is 15.2. The molecule has 4 saturated carbocycles. The van der Waals surface area contributed by atoms with Gasteiger partial charge in [-0.1, -0.05) is 78.9 Å². The fourth-order valence-electron chi connectivity index (χ4n) is 8.94. The summed E-state index contributed by atoms with van der Waals surface area (Å²) in [6.45, 7) is 1.93. The van der Waals surface area contributed by atoms with Gasteiger partial charge in [0.05, 0.1) is 12.3 Å². The molecule has 4 aliphatic carbocycles.